The van der Waals surface area contributed by atoms with Gasteiger partial charge < -0.3 is 59.1 Å². The monoisotopic (exact) mass is 1090 g/mol. The van der Waals surface area contributed by atoms with Crippen molar-refractivity contribution < 1.29 is 98.2 Å². The van der Waals surface area contributed by atoms with Crippen molar-refractivity contribution in [3.8, 4) is 11.5 Å². The van der Waals surface area contributed by atoms with E-state index in [1.165, 1.54) is 50.7 Å². The van der Waals surface area contributed by atoms with Crippen LogP contribution in [0.15, 0.2) is 60.7 Å². The second-order valence-electron chi connectivity index (χ2n) is 20.0. The number of ether oxygens (including phenoxy) is 6. The van der Waals surface area contributed by atoms with E-state index in [4.69, 9.17) is 61.8 Å². The maximum absolute atomic E-state index is 12.2. The Morgan fingerprint density at radius 2 is 1.08 bits per heavy atom. The first kappa shape index (κ1) is 60.9. The Labute approximate surface area is 473 Å². The van der Waals surface area contributed by atoms with Crippen LogP contribution >= 0.6 is 23.2 Å². The van der Waals surface area contributed by atoms with Crippen molar-refractivity contribution in [1.82, 2.24) is 0 Å². The fraction of sp³-hybridized carbons (Fsp3) is 0.552. The molecule has 2 aliphatic carbocycles. The van der Waals surface area contributed by atoms with E-state index >= 15 is 0 Å². The molecule has 14 nitrogen and oxygen atoms in total. The average molecular weight is 1090 g/mol. The molecule has 4 aliphatic heterocycles. The molecule has 4 heterocycles. The first-order valence-electron chi connectivity index (χ1n) is 26.0. The Morgan fingerprint density at radius 3 is 1.49 bits per heavy atom. The maximum atomic E-state index is 12.2. The van der Waals surface area contributed by atoms with Gasteiger partial charge in [-0.15, -0.1) is 0 Å². The fourth-order valence-electron chi connectivity index (χ4n) is 10.8. The molecule has 2 saturated heterocycles. The molecule has 0 aromatic heterocycles. The van der Waals surface area contributed by atoms with Crippen LogP contribution in [-0.2, 0) is 54.2 Å². The second kappa shape index (κ2) is 28.0. The van der Waals surface area contributed by atoms with Crippen LogP contribution in [0, 0.1) is 5.92 Å². The number of esters is 2. The number of rotatable bonds is 12. The molecule has 4 aromatic rings. The summed E-state index contributed by atoms with van der Waals surface area (Å²) in [4.78, 5) is 24.3. The summed E-state index contributed by atoms with van der Waals surface area (Å²) in [6.07, 6.45) is 1.90. The molecule has 4 aromatic carbocycles. The number of benzene rings is 4. The van der Waals surface area contributed by atoms with Gasteiger partial charge in [0.1, 0.15) is 54.2 Å². The summed E-state index contributed by atoms with van der Waals surface area (Å²) in [5.41, 5.74) is 10.2. The van der Waals surface area contributed by atoms with Gasteiger partial charge in [0.05, 0.1) is 36.0 Å². The van der Waals surface area contributed by atoms with Crippen LogP contribution in [-0.4, -0.2) is 114 Å². The molecule has 2 saturated carbocycles. The second-order valence-corrected chi connectivity index (χ2v) is 20.8. The van der Waals surface area contributed by atoms with Gasteiger partial charge in [-0.3, -0.25) is 9.59 Å². The van der Waals surface area contributed by atoms with E-state index in [2.05, 4.69) is 54.6 Å². The molecule has 17 heteroatoms. The number of hydrogen-bond donors (Lipinski definition) is 5. The fourth-order valence-corrected chi connectivity index (χ4v) is 11.4. The molecular formula is C58H73Cl2NaO14. The van der Waals surface area contributed by atoms with E-state index in [1.807, 2.05) is 19.9 Å². The van der Waals surface area contributed by atoms with Crippen molar-refractivity contribution in [2.75, 3.05) is 34.0 Å². The topological polar surface area (TPSA) is 214 Å². The summed E-state index contributed by atoms with van der Waals surface area (Å²) in [5.74, 6) is 1.68. The van der Waals surface area contributed by atoms with Crippen molar-refractivity contribution in [3.05, 3.63) is 126 Å². The van der Waals surface area contributed by atoms with Gasteiger partial charge in [-0.2, -0.15) is 7.11 Å². The van der Waals surface area contributed by atoms with Crippen LogP contribution in [0.2, 0.25) is 10.0 Å². The molecule has 10 atom stereocenters. The van der Waals surface area contributed by atoms with Gasteiger partial charge >= 0.3 is 41.5 Å². The van der Waals surface area contributed by atoms with E-state index < -0.39 is 67.4 Å². The minimum atomic E-state index is -1.43. The molecule has 75 heavy (non-hydrogen) atoms. The predicted octanol–water partition coefficient (Wildman–Crippen LogP) is 4.72. The van der Waals surface area contributed by atoms with Crippen molar-refractivity contribution >= 4 is 35.1 Å². The van der Waals surface area contributed by atoms with Gasteiger partial charge in [0.15, 0.2) is 6.10 Å². The van der Waals surface area contributed by atoms with E-state index in [0.29, 0.717) is 71.4 Å². The molecule has 4 fully saturated rings. The number of hydrogen-bond acceptors (Lipinski definition) is 14. The third-order valence-corrected chi connectivity index (χ3v) is 15.7. The number of aliphatic hydroxyl groups is 5. The van der Waals surface area contributed by atoms with Crippen molar-refractivity contribution in [2.24, 2.45) is 5.92 Å². The number of fused-ring (bicyclic) bond motifs is 2. The third-order valence-electron chi connectivity index (χ3n) is 14.9. The Bertz CT molecular complexity index is 2520. The smallest absolute Gasteiger partial charge is 0.857 e. The quantitative estimate of drug-likeness (QED) is 0.0961. The minimum Gasteiger partial charge on any atom is -0.857 e. The van der Waals surface area contributed by atoms with Gasteiger partial charge in [0, 0.05) is 38.0 Å². The molecule has 0 amide bonds. The number of halogens is 2. The number of carbonyl (C=O) groups excluding carboxylic acids is 2. The van der Waals surface area contributed by atoms with Crippen LogP contribution in [0.5, 0.6) is 11.5 Å². The molecule has 404 valence electrons. The van der Waals surface area contributed by atoms with E-state index in [-0.39, 0.29) is 41.6 Å². The van der Waals surface area contributed by atoms with Gasteiger partial charge in [0.25, 0.3) is 0 Å². The zero-order chi connectivity index (χ0) is 53.4. The van der Waals surface area contributed by atoms with E-state index in [0.717, 1.165) is 78.8 Å². The van der Waals surface area contributed by atoms with Gasteiger partial charge in [-0.1, -0.05) is 97.7 Å². The van der Waals surface area contributed by atoms with Crippen molar-refractivity contribution in [1.29, 1.82) is 0 Å². The van der Waals surface area contributed by atoms with Gasteiger partial charge in [-0.25, -0.2) is 0 Å². The van der Waals surface area contributed by atoms with Gasteiger partial charge in [0.2, 0.25) is 0 Å². The number of carbonyl (C=O) groups is 2. The van der Waals surface area contributed by atoms with E-state index in [9.17, 15) is 30.0 Å². The SMILES string of the molecule is CC[C@H]1O[C@@H](c2cc(Cc3ccc(C4CC4)cc3)c(Cl)c3c2CCCO3)[C@H](OC(C)=O)[C@@H](OC(C)=O)[C@@H]1C.CO.C[O-].OC[C@H]1O[C@@H](c2cc(Cc3ccc(C4CC4)cc3)c(Cl)c3c2CCCO3)[C@H](O)[C@@H](O)[C@@H]1O.[Na+]. The van der Waals surface area contributed by atoms with E-state index in [1.54, 1.807) is 0 Å². The Balaban J connectivity index is 0.000000229. The summed E-state index contributed by atoms with van der Waals surface area (Å²) in [7, 11) is 1.75. The zero-order valence-electron chi connectivity index (χ0n) is 44.3. The molecule has 0 unspecified atom stereocenters. The van der Waals surface area contributed by atoms with Crippen molar-refractivity contribution in [2.45, 2.75) is 165 Å². The summed E-state index contributed by atoms with van der Waals surface area (Å²) in [6.45, 7) is 7.46. The molecule has 10 rings (SSSR count). The summed E-state index contributed by atoms with van der Waals surface area (Å²) >= 11 is 13.7. The summed E-state index contributed by atoms with van der Waals surface area (Å²) < 4.78 is 36.2. The van der Waals surface area contributed by atoms with Crippen LogP contribution in [0.3, 0.4) is 0 Å². The minimum absolute atomic E-state index is 0. The molecule has 0 bridgehead atoms. The first-order valence-corrected chi connectivity index (χ1v) is 26.8. The number of aliphatic hydroxyl groups excluding tert-OH is 5. The molecule has 0 spiro atoms. The third kappa shape index (κ3) is 14.3. The Kier molecular flexibility index (Phi) is 22.7. The Morgan fingerprint density at radius 1 is 0.653 bits per heavy atom. The van der Waals surface area contributed by atoms with Crippen molar-refractivity contribution in [3.63, 3.8) is 0 Å². The average Bonchev–Trinajstić information content (AvgIpc) is 4.37. The largest absolute Gasteiger partial charge is 1.00 e. The predicted molar refractivity (Wildman–Crippen MR) is 278 cm³/mol. The summed E-state index contributed by atoms with van der Waals surface area (Å²) in [5, 5.41) is 57.3. The standard InChI is InChI=1S/C31H37ClO6.C25H29ClO6.CH4O.CH3O.Na/c1-5-26-17(2)28(36-18(3)33)31(37-19(4)34)30(38-26)25-16-23(27(32)29-24(25)7-6-14-35-29)15-20-8-10-21(11-9-20)22-12-13-22;26-20-16(10-13-3-5-14(6-4-13)15-7-8-15)11-18(17-2-1-9-31-24(17)20)25-23(30)22(29)21(28)19(12-27)32-25;2*1-2;/h8-11,16-17,22,26,28,30-31H,5-7,12-15H2,1-4H3;3-6,11,15,19,21-23,25,27-30H,1-2,7-10,12H2;2H,1H3;1H3;/q;;;-1;+1/t17-,26-,28+,30+,31-;19-,21-,22+,23-,25+;;;/m11.../s1. The van der Waals surface area contributed by atoms with Crippen LogP contribution in [0.4, 0.5) is 0 Å². The van der Waals surface area contributed by atoms with Gasteiger partial charge in [-0.05, 0) is 127 Å². The molecule has 6 aliphatic rings. The van der Waals surface area contributed by atoms with Crippen LogP contribution in [0.25, 0.3) is 0 Å². The maximum Gasteiger partial charge on any atom is 1.00 e. The Hall–Kier alpha value is -3.32. The summed E-state index contributed by atoms with van der Waals surface area (Å²) in [6, 6.07) is 21.4. The molecule has 0 radical (unpaired) electrons. The molecule has 5 N–H and O–H groups in total. The zero-order valence-corrected chi connectivity index (χ0v) is 47.8. The van der Waals surface area contributed by atoms with Crippen LogP contribution in [0.1, 0.15) is 152 Å². The normalized spacial score (nSPS) is 26.5. The molecular weight excluding hydrogens is 1010 g/mol. The first-order chi connectivity index (χ1) is 35.7. The van der Waals surface area contributed by atoms with Crippen LogP contribution < -0.4 is 44.1 Å².